The van der Waals surface area contributed by atoms with Gasteiger partial charge in [-0.05, 0) is 24.3 Å². The minimum Gasteiger partial charge on any atom is -0.351 e. The Morgan fingerprint density at radius 1 is 1.00 bits per heavy atom. The van der Waals surface area contributed by atoms with E-state index in [9.17, 15) is 4.79 Å². The number of carbonyl (C=O) groups is 1. The lowest BCUT2D eigenvalue weighted by molar-refractivity contribution is 0.249. The van der Waals surface area contributed by atoms with E-state index in [-0.39, 0.29) is 0 Å². The Kier molecular flexibility index (Phi) is 3.01. The molecule has 0 radical (unpaired) electrons. The highest BCUT2D eigenvalue weighted by Crippen LogP contribution is 2.32. The van der Waals surface area contributed by atoms with Crippen LogP contribution in [0.2, 0.25) is 0 Å². The minimum absolute atomic E-state index is 0.459. The van der Waals surface area contributed by atoms with Crippen LogP contribution < -0.4 is 5.73 Å². The van der Waals surface area contributed by atoms with E-state index in [1.807, 2.05) is 60.7 Å². The fourth-order valence-electron chi connectivity index (χ4n) is 2.04. The third-order valence-corrected chi connectivity index (χ3v) is 3.88. The molecular formula is C15H12N2OS. The van der Waals surface area contributed by atoms with Crippen LogP contribution in [0.25, 0.3) is 10.9 Å². The number of nitrogens with zero attached hydrogens (tertiary/aromatic N) is 1. The number of para-hydroxylation sites is 1. The van der Waals surface area contributed by atoms with Crippen molar-refractivity contribution in [2.75, 3.05) is 0 Å². The number of hydrogen-bond donors (Lipinski definition) is 1. The van der Waals surface area contributed by atoms with Gasteiger partial charge in [-0.15, -0.1) is 0 Å². The average Bonchev–Trinajstić information content (AvgIpc) is 2.77. The molecule has 0 aliphatic rings. The van der Waals surface area contributed by atoms with E-state index >= 15 is 0 Å². The largest absolute Gasteiger partial charge is 0.351 e. The molecule has 1 heterocycles. The summed E-state index contributed by atoms with van der Waals surface area (Å²) in [6.45, 7) is 0. The van der Waals surface area contributed by atoms with Crippen LogP contribution in [-0.2, 0) is 0 Å². The van der Waals surface area contributed by atoms with Gasteiger partial charge in [0.05, 0.1) is 10.5 Å². The first-order valence-electron chi connectivity index (χ1n) is 5.89. The second-order valence-corrected chi connectivity index (χ2v) is 5.22. The Morgan fingerprint density at radius 2 is 1.68 bits per heavy atom. The van der Waals surface area contributed by atoms with Crippen molar-refractivity contribution >= 4 is 28.7 Å². The van der Waals surface area contributed by atoms with Gasteiger partial charge < -0.3 is 5.73 Å². The molecule has 0 fully saturated rings. The zero-order valence-electron chi connectivity index (χ0n) is 10.1. The van der Waals surface area contributed by atoms with Crippen molar-refractivity contribution in [1.82, 2.24) is 4.57 Å². The molecule has 3 aromatic rings. The monoisotopic (exact) mass is 268 g/mol. The van der Waals surface area contributed by atoms with Crippen LogP contribution in [0, 0.1) is 0 Å². The van der Waals surface area contributed by atoms with Crippen LogP contribution >= 0.6 is 11.8 Å². The van der Waals surface area contributed by atoms with Crippen molar-refractivity contribution < 1.29 is 4.79 Å². The molecule has 0 aliphatic heterocycles. The number of primary amides is 1. The number of fused-ring (bicyclic) bond motifs is 1. The first-order chi connectivity index (χ1) is 9.25. The molecular weight excluding hydrogens is 256 g/mol. The van der Waals surface area contributed by atoms with E-state index in [1.165, 1.54) is 11.8 Å². The highest BCUT2D eigenvalue weighted by molar-refractivity contribution is 7.99. The van der Waals surface area contributed by atoms with Gasteiger partial charge in [0.1, 0.15) is 0 Å². The SMILES string of the molecule is NC(=O)n1c(Sc2ccccc2)cc2ccccc21. The number of benzene rings is 2. The van der Waals surface area contributed by atoms with E-state index in [0.717, 1.165) is 20.8 Å². The first kappa shape index (κ1) is 11.9. The number of carbonyl (C=O) groups excluding carboxylic acids is 1. The Morgan fingerprint density at radius 3 is 2.42 bits per heavy atom. The van der Waals surface area contributed by atoms with Crippen molar-refractivity contribution in [1.29, 1.82) is 0 Å². The maximum Gasteiger partial charge on any atom is 0.324 e. The molecule has 0 aliphatic carbocycles. The summed E-state index contributed by atoms with van der Waals surface area (Å²) in [7, 11) is 0. The summed E-state index contributed by atoms with van der Waals surface area (Å²) >= 11 is 1.53. The summed E-state index contributed by atoms with van der Waals surface area (Å²) in [6, 6.07) is 19.2. The van der Waals surface area contributed by atoms with Gasteiger partial charge in [0.2, 0.25) is 0 Å². The van der Waals surface area contributed by atoms with Crippen molar-refractivity contribution in [3.63, 3.8) is 0 Å². The summed E-state index contributed by atoms with van der Waals surface area (Å²) in [5, 5.41) is 1.85. The molecule has 2 aromatic carbocycles. The molecule has 0 saturated carbocycles. The molecule has 3 rings (SSSR count). The molecule has 94 valence electrons. The molecule has 1 aromatic heterocycles. The summed E-state index contributed by atoms with van der Waals surface area (Å²) in [5.41, 5.74) is 6.33. The summed E-state index contributed by atoms with van der Waals surface area (Å²) in [6.07, 6.45) is 0. The minimum atomic E-state index is -0.459. The quantitative estimate of drug-likeness (QED) is 0.770. The lowest BCUT2D eigenvalue weighted by Crippen LogP contribution is -2.19. The normalized spacial score (nSPS) is 10.7. The van der Waals surface area contributed by atoms with Crippen molar-refractivity contribution in [2.24, 2.45) is 5.73 Å². The Balaban J connectivity index is 2.13. The molecule has 3 nitrogen and oxygen atoms in total. The van der Waals surface area contributed by atoms with Crippen LogP contribution in [0.4, 0.5) is 4.79 Å². The fourth-order valence-corrected chi connectivity index (χ4v) is 3.04. The number of amides is 1. The summed E-state index contributed by atoms with van der Waals surface area (Å²) < 4.78 is 1.55. The number of aromatic nitrogens is 1. The average molecular weight is 268 g/mol. The highest BCUT2D eigenvalue weighted by atomic mass is 32.2. The smallest absolute Gasteiger partial charge is 0.324 e. The van der Waals surface area contributed by atoms with E-state index < -0.39 is 6.03 Å². The van der Waals surface area contributed by atoms with Crippen LogP contribution in [0.1, 0.15) is 0 Å². The van der Waals surface area contributed by atoms with Gasteiger partial charge in [-0.1, -0.05) is 48.2 Å². The van der Waals surface area contributed by atoms with Crippen molar-refractivity contribution in [2.45, 2.75) is 9.92 Å². The van der Waals surface area contributed by atoms with Gasteiger partial charge in [-0.2, -0.15) is 0 Å². The maximum atomic E-state index is 11.7. The lowest BCUT2D eigenvalue weighted by atomic mass is 10.2. The van der Waals surface area contributed by atoms with E-state index in [4.69, 9.17) is 5.73 Å². The van der Waals surface area contributed by atoms with E-state index in [0.29, 0.717) is 0 Å². The predicted molar refractivity (Wildman–Crippen MR) is 77.5 cm³/mol. The fraction of sp³-hybridized carbons (Fsp3) is 0. The van der Waals surface area contributed by atoms with Gasteiger partial charge in [0.15, 0.2) is 0 Å². The van der Waals surface area contributed by atoms with Crippen molar-refractivity contribution in [3.8, 4) is 0 Å². The molecule has 2 N–H and O–H groups in total. The second kappa shape index (κ2) is 4.82. The zero-order valence-corrected chi connectivity index (χ0v) is 10.9. The van der Waals surface area contributed by atoms with Crippen LogP contribution in [-0.4, -0.2) is 10.6 Å². The van der Waals surface area contributed by atoms with Gasteiger partial charge in [0, 0.05) is 10.3 Å². The first-order valence-corrected chi connectivity index (χ1v) is 6.70. The molecule has 4 heteroatoms. The lowest BCUT2D eigenvalue weighted by Gasteiger charge is -2.05. The van der Waals surface area contributed by atoms with E-state index in [1.54, 1.807) is 4.57 Å². The van der Waals surface area contributed by atoms with Crippen LogP contribution in [0.15, 0.2) is 70.6 Å². The molecule has 0 bridgehead atoms. The predicted octanol–water partition coefficient (Wildman–Crippen LogP) is 3.72. The Bertz CT molecular complexity index is 734. The van der Waals surface area contributed by atoms with Gasteiger partial charge in [0.25, 0.3) is 0 Å². The van der Waals surface area contributed by atoms with Crippen molar-refractivity contribution in [3.05, 3.63) is 60.7 Å². The summed E-state index contributed by atoms with van der Waals surface area (Å²) in [4.78, 5) is 12.7. The second-order valence-electron chi connectivity index (χ2n) is 4.13. The highest BCUT2D eigenvalue weighted by Gasteiger charge is 2.13. The molecule has 0 spiro atoms. The molecule has 1 amide bonds. The van der Waals surface area contributed by atoms with Gasteiger partial charge in [-0.25, -0.2) is 4.79 Å². The summed E-state index contributed by atoms with van der Waals surface area (Å²) in [5.74, 6) is 0. The van der Waals surface area contributed by atoms with E-state index in [2.05, 4.69) is 0 Å². The third kappa shape index (κ3) is 2.22. The van der Waals surface area contributed by atoms with Crippen LogP contribution in [0.5, 0.6) is 0 Å². The number of hydrogen-bond acceptors (Lipinski definition) is 2. The number of nitrogens with two attached hydrogens (primary N) is 1. The molecule has 0 unspecified atom stereocenters. The maximum absolute atomic E-state index is 11.7. The topological polar surface area (TPSA) is 48.0 Å². The Hall–Kier alpha value is -2.20. The molecule has 0 atom stereocenters. The zero-order chi connectivity index (χ0) is 13.2. The van der Waals surface area contributed by atoms with Crippen LogP contribution in [0.3, 0.4) is 0 Å². The van der Waals surface area contributed by atoms with Gasteiger partial charge in [-0.3, -0.25) is 4.57 Å². The molecule has 0 saturated heterocycles. The van der Waals surface area contributed by atoms with Gasteiger partial charge >= 0.3 is 6.03 Å². The Labute approximate surface area is 115 Å². The standard InChI is InChI=1S/C15H12N2OS/c16-15(18)17-13-9-5-4-6-11(13)10-14(17)19-12-7-2-1-3-8-12/h1-10H,(H2,16,18). The third-order valence-electron chi connectivity index (χ3n) is 2.86. The number of rotatable bonds is 2. The molecule has 19 heavy (non-hydrogen) atoms.